The number of nitriles is 1. The third kappa shape index (κ3) is 2.60. The highest BCUT2D eigenvalue weighted by molar-refractivity contribution is 9.10. The minimum atomic E-state index is 0.212. The fourth-order valence-corrected chi connectivity index (χ4v) is 3.48. The summed E-state index contributed by atoms with van der Waals surface area (Å²) in [5, 5.41) is 14.5. The van der Waals surface area contributed by atoms with Crippen LogP contribution in [0, 0.1) is 17.2 Å². The number of nitrogens with zero attached hydrogens (tertiary/aromatic N) is 1. The molecule has 1 aromatic rings. The number of rotatable bonds is 3. The minimum absolute atomic E-state index is 0.212. The summed E-state index contributed by atoms with van der Waals surface area (Å²) in [6.07, 6.45) is 3.38. The van der Waals surface area contributed by atoms with E-state index in [1.807, 2.05) is 0 Å². The summed E-state index contributed by atoms with van der Waals surface area (Å²) in [5.74, 6) is 0.212. The van der Waals surface area contributed by atoms with Crippen LogP contribution >= 0.6 is 27.3 Å². The van der Waals surface area contributed by atoms with Crippen molar-refractivity contribution in [3.05, 3.63) is 20.8 Å². The molecule has 0 bridgehead atoms. The van der Waals surface area contributed by atoms with E-state index in [-0.39, 0.29) is 5.92 Å². The summed E-state index contributed by atoms with van der Waals surface area (Å²) in [7, 11) is 0. The molecule has 0 aromatic carbocycles. The van der Waals surface area contributed by atoms with Gasteiger partial charge in [-0.05, 0) is 40.2 Å². The lowest BCUT2D eigenvalue weighted by molar-refractivity contribution is 0.466. The molecule has 1 fully saturated rings. The van der Waals surface area contributed by atoms with E-state index in [1.165, 1.54) is 15.8 Å². The largest absolute Gasteiger partial charge is 0.308 e. The Bertz CT molecular complexity index is 369. The van der Waals surface area contributed by atoms with Crippen molar-refractivity contribution in [2.75, 3.05) is 0 Å². The summed E-state index contributed by atoms with van der Waals surface area (Å²) in [5.41, 5.74) is 0. The van der Waals surface area contributed by atoms with Crippen LogP contribution in [0.1, 0.15) is 24.1 Å². The van der Waals surface area contributed by atoms with Gasteiger partial charge >= 0.3 is 0 Å². The molecule has 2 rings (SSSR count). The Kier molecular flexibility index (Phi) is 3.79. The zero-order valence-electron chi connectivity index (χ0n) is 8.37. The lowest BCUT2D eigenvalue weighted by Crippen LogP contribution is -2.30. The molecule has 4 heteroatoms. The fraction of sp³-hybridized carbons (Fsp3) is 0.545. The quantitative estimate of drug-likeness (QED) is 0.925. The van der Waals surface area contributed by atoms with Crippen molar-refractivity contribution >= 4 is 27.3 Å². The maximum absolute atomic E-state index is 8.95. The van der Waals surface area contributed by atoms with Crippen molar-refractivity contribution in [2.45, 2.75) is 31.8 Å². The van der Waals surface area contributed by atoms with Gasteiger partial charge in [-0.2, -0.15) is 5.26 Å². The Morgan fingerprint density at radius 3 is 3.13 bits per heavy atom. The van der Waals surface area contributed by atoms with Gasteiger partial charge in [0.2, 0.25) is 0 Å². The van der Waals surface area contributed by atoms with Crippen LogP contribution in [0.25, 0.3) is 0 Å². The molecule has 0 aliphatic heterocycles. The molecule has 1 aliphatic carbocycles. The fourth-order valence-electron chi connectivity index (χ4n) is 2.03. The van der Waals surface area contributed by atoms with Gasteiger partial charge in [0.25, 0.3) is 0 Å². The third-order valence-corrected chi connectivity index (χ3v) is 4.82. The second-order valence-electron chi connectivity index (χ2n) is 3.85. The molecule has 2 atom stereocenters. The maximum atomic E-state index is 8.95. The van der Waals surface area contributed by atoms with Crippen LogP contribution in [0.2, 0.25) is 0 Å². The number of thiophene rings is 1. The highest BCUT2D eigenvalue weighted by Crippen LogP contribution is 2.27. The second-order valence-corrected chi connectivity index (χ2v) is 5.70. The molecule has 80 valence electrons. The lowest BCUT2D eigenvalue weighted by Gasteiger charge is -2.14. The van der Waals surface area contributed by atoms with Crippen molar-refractivity contribution in [2.24, 2.45) is 5.92 Å². The van der Waals surface area contributed by atoms with Crippen molar-refractivity contribution in [3.63, 3.8) is 0 Å². The molecule has 0 saturated heterocycles. The Morgan fingerprint density at radius 1 is 1.60 bits per heavy atom. The van der Waals surface area contributed by atoms with E-state index in [4.69, 9.17) is 5.26 Å². The molecule has 1 heterocycles. The number of hydrogen-bond donors (Lipinski definition) is 1. The van der Waals surface area contributed by atoms with Gasteiger partial charge < -0.3 is 5.32 Å². The predicted molar refractivity (Wildman–Crippen MR) is 65.6 cm³/mol. The number of halogens is 1. The van der Waals surface area contributed by atoms with E-state index in [1.54, 1.807) is 11.3 Å². The zero-order chi connectivity index (χ0) is 10.7. The molecule has 1 N–H and O–H groups in total. The van der Waals surface area contributed by atoms with Gasteiger partial charge in [-0.1, -0.05) is 6.42 Å². The highest BCUT2D eigenvalue weighted by atomic mass is 79.9. The first-order chi connectivity index (χ1) is 7.31. The van der Waals surface area contributed by atoms with E-state index >= 15 is 0 Å². The van der Waals surface area contributed by atoms with E-state index in [0.29, 0.717) is 6.04 Å². The van der Waals surface area contributed by atoms with E-state index in [9.17, 15) is 0 Å². The monoisotopic (exact) mass is 284 g/mol. The van der Waals surface area contributed by atoms with Gasteiger partial charge in [0.15, 0.2) is 0 Å². The molecule has 2 unspecified atom stereocenters. The zero-order valence-corrected chi connectivity index (χ0v) is 10.8. The van der Waals surface area contributed by atoms with Gasteiger partial charge in [-0.25, -0.2) is 0 Å². The Morgan fingerprint density at radius 2 is 2.47 bits per heavy atom. The average molecular weight is 285 g/mol. The first-order valence-electron chi connectivity index (χ1n) is 5.16. The Labute approximate surface area is 102 Å². The van der Waals surface area contributed by atoms with Crippen LogP contribution in [-0.4, -0.2) is 6.04 Å². The highest BCUT2D eigenvalue weighted by Gasteiger charge is 2.26. The molecule has 1 saturated carbocycles. The predicted octanol–water partition coefficient (Wildman–Crippen LogP) is 3.29. The van der Waals surface area contributed by atoms with Crippen LogP contribution in [0.3, 0.4) is 0 Å². The molecular weight excluding hydrogens is 272 g/mol. The lowest BCUT2D eigenvalue weighted by atomic mass is 10.1. The standard InChI is InChI=1S/C11H13BrN2S/c12-9-4-5-15-11(9)7-14-10-3-1-2-8(10)6-13/h4-5,8,10,14H,1-3,7H2. The minimum Gasteiger partial charge on any atom is -0.308 e. The SMILES string of the molecule is N#CC1CCCC1NCc1sccc1Br. The summed E-state index contributed by atoms with van der Waals surface area (Å²) < 4.78 is 1.17. The maximum Gasteiger partial charge on any atom is 0.0672 e. The van der Waals surface area contributed by atoms with Crippen LogP contribution in [-0.2, 0) is 6.54 Å². The van der Waals surface area contributed by atoms with Crippen molar-refractivity contribution < 1.29 is 0 Å². The van der Waals surface area contributed by atoms with Gasteiger partial charge in [0.1, 0.15) is 0 Å². The molecule has 0 radical (unpaired) electrons. The van der Waals surface area contributed by atoms with Crippen LogP contribution in [0.4, 0.5) is 0 Å². The number of hydrogen-bond acceptors (Lipinski definition) is 3. The van der Waals surface area contributed by atoms with Crippen LogP contribution in [0.5, 0.6) is 0 Å². The van der Waals surface area contributed by atoms with Crippen LogP contribution < -0.4 is 5.32 Å². The molecule has 2 nitrogen and oxygen atoms in total. The topological polar surface area (TPSA) is 35.8 Å². The molecule has 0 amide bonds. The van der Waals surface area contributed by atoms with Crippen molar-refractivity contribution in [1.29, 1.82) is 5.26 Å². The van der Waals surface area contributed by atoms with Crippen molar-refractivity contribution in [3.8, 4) is 6.07 Å². The van der Waals surface area contributed by atoms with E-state index in [0.717, 1.165) is 19.4 Å². The summed E-state index contributed by atoms with van der Waals surface area (Å²) in [4.78, 5) is 1.32. The van der Waals surface area contributed by atoms with Gasteiger partial charge in [0.05, 0.1) is 12.0 Å². The Balaban J connectivity index is 1.89. The van der Waals surface area contributed by atoms with Crippen LogP contribution in [0.15, 0.2) is 15.9 Å². The normalized spacial score (nSPS) is 25.3. The molecule has 1 aromatic heterocycles. The first kappa shape index (κ1) is 11.1. The molecule has 0 spiro atoms. The average Bonchev–Trinajstić information content (AvgIpc) is 2.83. The summed E-state index contributed by atoms with van der Waals surface area (Å²) in [6, 6.07) is 4.85. The smallest absolute Gasteiger partial charge is 0.0672 e. The number of nitrogens with one attached hydrogen (secondary N) is 1. The first-order valence-corrected chi connectivity index (χ1v) is 6.83. The van der Waals surface area contributed by atoms with Gasteiger partial charge in [0, 0.05) is 21.9 Å². The molecule has 1 aliphatic rings. The van der Waals surface area contributed by atoms with Crippen molar-refractivity contribution in [1.82, 2.24) is 5.32 Å². The Hall–Kier alpha value is -0.370. The van der Waals surface area contributed by atoms with Gasteiger partial charge in [-0.3, -0.25) is 0 Å². The van der Waals surface area contributed by atoms with E-state index in [2.05, 4.69) is 38.8 Å². The van der Waals surface area contributed by atoms with Gasteiger partial charge in [-0.15, -0.1) is 11.3 Å². The summed E-state index contributed by atoms with van der Waals surface area (Å²) in [6.45, 7) is 0.876. The second kappa shape index (κ2) is 5.11. The third-order valence-electron chi connectivity index (χ3n) is 2.90. The molecular formula is C11H13BrN2S. The van der Waals surface area contributed by atoms with E-state index < -0.39 is 0 Å². The molecule has 15 heavy (non-hydrogen) atoms. The summed E-state index contributed by atoms with van der Waals surface area (Å²) >= 11 is 5.26.